The summed E-state index contributed by atoms with van der Waals surface area (Å²) in [4.78, 5) is 11.6. The summed E-state index contributed by atoms with van der Waals surface area (Å²) >= 11 is 0. The molecular weight excluding hydrogens is 333 g/mol. The Hall–Kier alpha value is -2.83. The van der Waals surface area contributed by atoms with Gasteiger partial charge in [-0.15, -0.1) is 0 Å². The van der Waals surface area contributed by atoms with Crippen LogP contribution >= 0.6 is 0 Å². The van der Waals surface area contributed by atoms with Crippen LogP contribution < -0.4 is 10.2 Å². The number of halogens is 3. The number of alkyl halides is 3. The van der Waals surface area contributed by atoms with Crippen molar-refractivity contribution in [2.24, 2.45) is 5.10 Å². The summed E-state index contributed by atoms with van der Waals surface area (Å²) in [5.41, 5.74) is 2.81. The van der Waals surface area contributed by atoms with Gasteiger partial charge >= 0.3 is 6.18 Å². The summed E-state index contributed by atoms with van der Waals surface area (Å²) in [7, 11) is 0. The molecule has 25 heavy (non-hydrogen) atoms. The summed E-state index contributed by atoms with van der Waals surface area (Å²) in [6.45, 7) is 1.79. The summed E-state index contributed by atoms with van der Waals surface area (Å²) in [5, 5.41) is 3.63. The Labute approximate surface area is 143 Å². The number of amides is 1. The van der Waals surface area contributed by atoms with Crippen molar-refractivity contribution in [1.82, 2.24) is 5.43 Å². The van der Waals surface area contributed by atoms with E-state index in [1.807, 2.05) is 19.1 Å². The van der Waals surface area contributed by atoms with Crippen LogP contribution in [-0.2, 0) is 17.4 Å². The number of carbonyl (C=O) groups is 1. The number of rotatable bonds is 6. The lowest BCUT2D eigenvalue weighted by Crippen LogP contribution is -2.24. The van der Waals surface area contributed by atoms with Crippen molar-refractivity contribution in [2.75, 3.05) is 6.61 Å². The molecule has 0 aliphatic heterocycles. The van der Waals surface area contributed by atoms with E-state index in [1.54, 1.807) is 12.1 Å². The Kier molecular flexibility index (Phi) is 6.16. The number of hydrogen-bond donors (Lipinski definition) is 1. The van der Waals surface area contributed by atoms with Crippen LogP contribution in [0.1, 0.15) is 23.6 Å². The molecule has 0 saturated carbocycles. The molecule has 0 atom stereocenters. The minimum atomic E-state index is -4.42. The second-order valence-electron chi connectivity index (χ2n) is 5.20. The van der Waals surface area contributed by atoms with E-state index in [4.69, 9.17) is 4.74 Å². The maximum absolute atomic E-state index is 12.6. The number of benzene rings is 2. The first-order valence-corrected chi connectivity index (χ1v) is 7.59. The number of aryl methyl sites for hydroxylation is 1. The molecule has 0 bridgehead atoms. The number of carbonyl (C=O) groups excluding carboxylic acids is 1. The molecule has 0 aromatic heterocycles. The van der Waals surface area contributed by atoms with Gasteiger partial charge in [-0.2, -0.15) is 18.3 Å². The first-order chi connectivity index (χ1) is 11.9. The van der Waals surface area contributed by atoms with Gasteiger partial charge in [0.2, 0.25) is 0 Å². The Morgan fingerprint density at radius 3 is 2.56 bits per heavy atom. The van der Waals surface area contributed by atoms with Crippen molar-refractivity contribution in [2.45, 2.75) is 19.5 Å². The van der Waals surface area contributed by atoms with E-state index in [-0.39, 0.29) is 12.2 Å². The minimum Gasteiger partial charge on any atom is -0.484 e. The number of hydrogen-bond acceptors (Lipinski definition) is 3. The zero-order valence-corrected chi connectivity index (χ0v) is 13.5. The number of hydrazone groups is 1. The molecule has 0 aliphatic carbocycles. The Morgan fingerprint density at radius 1 is 1.20 bits per heavy atom. The SMILES string of the molecule is CCc1ccc(OCC(=O)NN=Cc2cccc(C(F)(F)F)c2)cc1. The van der Waals surface area contributed by atoms with Crippen molar-refractivity contribution < 1.29 is 22.7 Å². The normalized spacial score (nSPS) is 11.5. The van der Waals surface area contributed by atoms with Crippen LogP contribution in [-0.4, -0.2) is 18.7 Å². The zero-order valence-electron chi connectivity index (χ0n) is 13.5. The highest BCUT2D eigenvalue weighted by atomic mass is 19.4. The fourth-order valence-corrected chi connectivity index (χ4v) is 1.98. The lowest BCUT2D eigenvalue weighted by atomic mass is 10.1. The second-order valence-corrected chi connectivity index (χ2v) is 5.20. The first kappa shape index (κ1) is 18.5. The Morgan fingerprint density at radius 2 is 1.92 bits per heavy atom. The molecule has 0 saturated heterocycles. The Balaban J connectivity index is 1.84. The van der Waals surface area contributed by atoms with Gasteiger partial charge in [0.1, 0.15) is 5.75 Å². The lowest BCUT2D eigenvalue weighted by Gasteiger charge is -2.07. The molecule has 0 heterocycles. The monoisotopic (exact) mass is 350 g/mol. The average molecular weight is 350 g/mol. The number of ether oxygens (including phenoxy) is 1. The molecule has 7 heteroatoms. The first-order valence-electron chi connectivity index (χ1n) is 7.59. The smallest absolute Gasteiger partial charge is 0.416 e. The predicted molar refractivity (Wildman–Crippen MR) is 88.5 cm³/mol. The maximum atomic E-state index is 12.6. The third kappa shape index (κ3) is 5.95. The van der Waals surface area contributed by atoms with Crippen molar-refractivity contribution in [3.8, 4) is 5.75 Å². The van der Waals surface area contributed by atoms with Gasteiger partial charge in [0, 0.05) is 0 Å². The second kappa shape index (κ2) is 8.32. The molecule has 2 aromatic carbocycles. The van der Waals surface area contributed by atoms with Crippen molar-refractivity contribution in [1.29, 1.82) is 0 Å². The van der Waals surface area contributed by atoms with Gasteiger partial charge in [-0.25, -0.2) is 5.43 Å². The van der Waals surface area contributed by atoms with Crippen molar-refractivity contribution in [3.05, 3.63) is 65.2 Å². The summed E-state index contributed by atoms with van der Waals surface area (Å²) in [6, 6.07) is 12.0. The largest absolute Gasteiger partial charge is 0.484 e. The zero-order chi connectivity index (χ0) is 18.3. The topological polar surface area (TPSA) is 50.7 Å². The van der Waals surface area contributed by atoms with Gasteiger partial charge in [0.25, 0.3) is 5.91 Å². The summed E-state index contributed by atoms with van der Waals surface area (Å²) in [5.74, 6) is 0.0389. The molecule has 0 aliphatic rings. The minimum absolute atomic E-state index is 0.228. The van der Waals surface area contributed by atoms with Crippen LogP contribution in [0.3, 0.4) is 0 Å². The van der Waals surface area contributed by atoms with Crippen molar-refractivity contribution in [3.63, 3.8) is 0 Å². The lowest BCUT2D eigenvalue weighted by molar-refractivity contribution is -0.137. The van der Waals surface area contributed by atoms with Gasteiger partial charge < -0.3 is 4.74 Å². The average Bonchev–Trinajstić information content (AvgIpc) is 2.60. The molecule has 0 radical (unpaired) electrons. The molecule has 1 N–H and O–H groups in total. The highest BCUT2D eigenvalue weighted by Crippen LogP contribution is 2.29. The molecule has 2 rings (SSSR count). The number of nitrogens with zero attached hydrogens (tertiary/aromatic N) is 1. The van der Waals surface area contributed by atoms with Gasteiger partial charge in [0.15, 0.2) is 6.61 Å². The van der Waals surface area contributed by atoms with E-state index < -0.39 is 17.6 Å². The van der Waals surface area contributed by atoms with Crippen LogP contribution in [0.25, 0.3) is 0 Å². The summed E-state index contributed by atoms with van der Waals surface area (Å²) < 4.78 is 43.1. The van der Waals surface area contributed by atoms with Crippen LogP contribution in [0.15, 0.2) is 53.6 Å². The van der Waals surface area contributed by atoms with E-state index in [0.29, 0.717) is 5.75 Å². The molecule has 0 fully saturated rings. The molecule has 1 amide bonds. The quantitative estimate of drug-likeness (QED) is 0.636. The van der Waals surface area contributed by atoms with Gasteiger partial charge in [-0.3, -0.25) is 4.79 Å². The van der Waals surface area contributed by atoms with Crippen molar-refractivity contribution >= 4 is 12.1 Å². The fourth-order valence-electron chi connectivity index (χ4n) is 1.98. The van der Waals surface area contributed by atoms with E-state index in [1.165, 1.54) is 12.1 Å². The summed E-state index contributed by atoms with van der Waals surface area (Å²) in [6.07, 6.45) is -2.37. The molecule has 4 nitrogen and oxygen atoms in total. The van der Waals surface area contributed by atoms with Gasteiger partial charge in [-0.1, -0.05) is 31.2 Å². The van der Waals surface area contributed by atoms with Crippen LogP contribution in [0.4, 0.5) is 13.2 Å². The van der Waals surface area contributed by atoms with E-state index in [9.17, 15) is 18.0 Å². The van der Waals surface area contributed by atoms with E-state index >= 15 is 0 Å². The predicted octanol–water partition coefficient (Wildman–Crippen LogP) is 3.80. The highest BCUT2D eigenvalue weighted by Gasteiger charge is 2.30. The third-order valence-corrected chi connectivity index (χ3v) is 3.32. The third-order valence-electron chi connectivity index (χ3n) is 3.32. The number of nitrogens with one attached hydrogen (secondary N) is 1. The molecule has 132 valence electrons. The van der Waals surface area contributed by atoms with Crippen LogP contribution in [0.2, 0.25) is 0 Å². The van der Waals surface area contributed by atoms with Gasteiger partial charge in [-0.05, 0) is 41.8 Å². The van der Waals surface area contributed by atoms with Crippen LogP contribution in [0.5, 0.6) is 5.75 Å². The van der Waals surface area contributed by atoms with E-state index in [0.717, 1.165) is 30.3 Å². The molecular formula is C18H17F3N2O2. The van der Waals surface area contributed by atoms with Crippen LogP contribution in [0, 0.1) is 0 Å². The Bertz CT molecular complexity index is 741. The molecule has 0 spiro atoms. The van der Waals surface area contributed by atoms with E-state index in [2.05, 4.69) is 10.5 Å². The highest BCUT2D eigenvalue weighted by molar-refractivity contribution is 5.83. The van der Waals surface area contributed by atoms with Gasteiger partial charge in [0.05, 0.1) is 11.8 Å². The molecule has 2 aromatic rings. The fraction of sp³-hybridized carbons (Fsp3) is 0.222. The standard InChI is InChI=1S/C18H17F3N2O2/c1-2-13-6-8-16(9-7-13)25-12-17(24)23-22-11-14-4-3-5-15(10-14)18(19,20)21/h3-11H,2,12H2,1H3,(H,23,24). The maximum Gasteiger partial charge on any atom is 0.416 e. The molecule has 0 unspecified atom stereocenters.